The minimum absolute atomic E-state index is 0.103. The van der Waals surface area contributed by atoms with Gasteiger partial charge in [-0.05, 0) is 31.2 Å². The molecule has 1 aliphatic rings. The topological polar surface area (TPSA) is 54.9 Å². The average molecular weight is 343 g/mol. The fourth-order valence-electron chi connectivity index (χ4n) is 3.44. The van der Waals surface area contributed by atoms with E-state index in [1.54, 1.807) is 0 Å². The molecule has 1 aliphatic carbocycles. The lowest BCUT2D eigenvalue weighted by Gasteiger charge is -2.34. The van der Waals surface area contributed by atoms with Crippen LogP contribution in [0.15, 0.2) is 29.3 Å². The molecule has 1 N–H and O–H groups in total. The number of rotatable bonds is 4. The Morgan fingerprint density at radius 2 is 2.04 bits per heavy atom. The molecule has 1 heterocycles. The van der Waals surface area contributed by atoms with Gasteiger partial charge in [-0.2, -0.15) is 0 Å². The molecule has 1 aromatic heterocycles. The molecule has 0 radical (unpaired) electrons. The van der Waals surface area contributed by atoms with Crippen molar-refractivity contribution in [3.8, 4) is 0 Å². The summed E-state index contributed by atoms with van der Waals surface area (Å²) in [6.45, 7) is 6.43. The molecule has 1 fully saturated rings. The fourth-order valence-corrected chi connectivity index (χ4v) is 4.31. The van der Waals surface area contributed by atoms with E-state index in [9.17, 15) is 4.79 Å². The van der Waals surface area contributed by atoms with Crippen molar-refractivity contribution in [2.75, 3.05) is 5.75 Å². The van der Waals surface area contributed by atoms with E-state index in [1.165, 1.54) is 24.6 Å². The summed E-state index contributed by atoms with van der Waals surface area (Å²) in [6.07, 6.45) is 3.57. The first-order valence-electron chi connectivity index (χ1n) is 8.70. The summed E-state index contributed by atoms with van der Waals surface area (Å²) in [4.78, 5) is 21.4. The number of carbonyl (C=O) groups is 1. The van der Waals surface area contributed by atoms with Gasteiger partial charge in [-0.3, -0.25) is 4.79 Å². The number of amides is 1. The molecular weight excluding hydrogens is 318 g/mol. The van der Waals surface area contributed by atoms with Crippen LogP contribution in [-0.4, -0.2) is 27.7 Å². The van der Waals surface area contributed by atoms with Crippen LogP contribution in [0.25, 0.3) is 10.9 Å². The summed E-state index contributed by atoms with van der Waals surface area (Å²) in [5.41, 5.74) is 0.933. The fraction of sp³-hybridized carbons (Fsp3) is 0.526. The first-order chi connectivity index (χ1) is 11.5. The van der Waals surface area contributed by atoms with Crippen molar-refractivity contribution < 1.29 is 4.79 Å². The third-order valence-electron chi connectivity index (χ3n) is 5.07. The number of nitrogens with zero attached hydrogens (tertiary/aromatic N) is 2. The van der Waals surface area contributed by atoms with Crippen molar-refractivity contribution in [3.05, 3.63) is 30.1 Å². The lowest BCUT2D eigenvalue weighted by atomic mass is 9.78. The highest BCUT2D eigenvalue weighted by atomic mass is 32.2. The molecule has 1 amide bonds. The number of benzene rings is 1. The molecule has 1 aromatic carbocycles. The molecule has 0 saturated heterocycles. The Balaban J connectivity index is 1.64. The van der Waals surface area contributed by atoms with Gasteiger partial charge in [0.05, 0.1) is 11.3 Å². The molecular formula is C19H25N3OS. The Kier molecular flexibility index (Phi) is 5.39. The Morgan fingerprint density at radius 3 is 2.88 bits per heavy atom. The van der Waals surface area contributed by atoms with Crippen LogP contribution < -0.4 is 5.32 Å². The van der Waals surface area contributed by atoms with E-state index < -0.39 is 0 Å². The molecule has 5 heteroatoms. The quantitative estimate of drug-likeness (QED) is 0.674. The monoisotopic (exact) mass is 343 g/mol. The van der Waals surface area contributed by atoms with Gasteiger partial charge in [-0.25, -0.2) is 9.97 Å². The molecule has 24 heavy (non-hydrogen) atoms. The normalized spacial score (nSPS) is 24.0. The van der Waals surface area contributed by atoms with Crippen molar-refractivity contribution in [2.24, 2.45) is 11.8 Å². The second-order valence-corrected chi connectivity index (χ2v) is 7.79. The highest BCUT2D eigenvalue weighted by Crippen LogP contribution is 2.30. The zero-order valence-electron chi connectivity index (χ0n) is 14.6. The van der Waals surface area contributed by atoms with Gasteiger partial charge in [0.25, 0.3) is 0 Å². The Morgan fingerprint density at radius 1 is 1.25 bits per heavy atom. The predicted molar refractivity (Wildman–Crippen MR) is 99.1 cm³/mol. The van der Waals surface area contributed by atoms with Crippen molar-refractivity contribution in [3.63, 3.8) is 0 Å². The van der Waals surface area contributed by atoms with Crippen LogP contribution in [0, 0.1) is 18.8 Å². The van der Waals surface area contributed by atoms with Gasteiger partial charge in [0.1, 0.15) is 10.9 Å². The largest absolute Gasteiger partial charge is 0.352 e. The average Bonchev–Trinajstić information content (AvgIpc) is 2.56. The van der Waals surface area contributed by atoms with E-state index in [2.05, 4.69) is 29.1 Å². The number of fused-ring (bicyclic) bond motifs is 1. The maximum atomic E-state index is 12.4. The van der Waals surface area contributed by atoms with Gasteiger partial charge in [0, 0.05) is 11.4 Å². The first-order valence-corrected chi connectivity index (χ1v) is 9.68. The van der Waals surface area contributed by atoms with Gasteiger partial charge >= 0.3 is 0 Å². The second-order valence-electron chi connectivity index (χ2n) is 6.82. The Hall–Kier alpha value is -1.62. The predicted octanol–water partition coefficient (Wildman–Crippen LogP) is 3.97. The lowest BCUT2D eigenvalue weighted by molar-refractivity contribution is -0.119. The highest BCUT2D eigenvalue weighted by molar-refractivity contribution is 8.00. The van der Waals surface area contributed by atoms with Crippen LogP contribution in [0.1, 0.15) is 38.9 Å². The molecule has 0 spiro atoms. The Bertz CT molecular complexity index is 734. The number of para-hydroxylation sites is 1. The number of hydrogen-bond acceptors (Lipinski definition) is 4. The van der Waals surface area contributed by atoms with Crippen LogP contribution in [0.2, 0.25) is 0 Å². The SMILES string of the molecule is Cc1nc(SCC(=O)N[C@@H]2CCC[C@@H](C)[C@@H]2C)c2ccccc2n1. The lowest BCUT2D eigenvalue weighted by Crippen LogP contribution is -2.44. The number of aryl methyl sites for hydroxylation is 1. The molecule has 0 aliphatic heterocycles. The summed E-state index contributed by atoms with van der Waals surface area (Å²) in [7, 11) is 0. The first kappa shape index (κ1) is 17.2. The van der Waals surface area contributed by atoms with Crippen molar-refractivity contribution >= 4 is 28.6 Å². The number of hydrogen-bond donors (Lipinski definition) is 1. The maximum Gasteiger partial charge on any atom is 0.230 e. The van der Waals surface area contributed by atoms with Crippen LogP contribution in [0.3, 0.4) is 0 Å². The molecule has 0 bridgehead atoms. The molecule has 1 saturated carbocycles. The van der Waals surface area contributed by atoms with E-state index in [0.717, 1.165) is 28.2 Å². The minimum atomic E-state index is 0.103. The third-order valence-corrected chi connectivity index (χ3v) is 6.06. The molecule has 3 atom stereocenters. The van der Waals surface area contributed by atoms with Crippen molar-refractivity contribution in [1.29, 1.82) is 0 Å². The smallest absolute Gasteiger partial charge is 0.230 e. The molecule has 0 unspecified atom stereocenters. The number of thioether (sulfide) groups is 1. The maximum absolute atomic E-state index is 12.4. The highest BCUT2D eigenvalue weighted by Gasteiger charge is 2.28. The second kappa shape index (κ2) is 7.51. The summed E-state index contributed by atoms with van der Waals surface area (Å²) in [5.74, 6) is 2.48. The van der Waals surface area contributed by atoms with Crippen LogP contribution >= 0.6 is 11.8 Å². The van der Waals surface area contributed by atoms with Crippen LogP contribution in [-0.2, 0) is 4.79 Å². The third kappa shape index (κ3) is 3.89. The van der Waals surface area contributed by atoms with Gasteiger partial charge in [-0.1, -0.05) is 56.7 Å². The molecule has 3 rings (SSSR count). The Labute approximate surface area is 147 Å². The zero-order valence-corrected chi connectivity index (χ0v) is 15.4. The molecule has 4 nitrogen and oxygen atoms in total. The van der Waals surface area contributed by atoms with Crippen LogP contribution in [0.5, 0.6) is 0 Å². The standard InChI is InChI=1S/C19H25N3OS/c1-12-7-6-10-16(13(12)2)22-18(23)11-24-19-15-8-4-5-9-17(15)20-14(3)21-19/h4-5,8-9,12-13,16H,6-7,10-11H2,1-3H3,(H,22,23)/t12-,13+,16-/m1/s1. The van der Waals surface area contributed by atoms with Crippen LogP contribution in [0.4, 0.5) is 0 Å². The summed E-state index contributed by atoms with van der Waals surface area (Å²) >= 11 is 1.50. The van der Waals surface area contributed by atoms with Gasteiger partial charge in [0.2, 0.25) is 5.91 Å². The number of aromatic nitrogens is 2. The van der Waals surface area contributed by atoms with Crippen molar-refractivity contribution in [1.82, 2.24) is 15.3 Å². The zero-order chi connectivity index (χ0) is 17.1. The van der Waals surface area contributed by atoms with Crippen molar-refractivity contribution in [2.45, 2.75) is 51.1 Å². The molecule has 128 valence electrons. The summed E-state index contributed by atoms with van der Waals surface area (Å²) in [5, 5.41) is 5.13. The number of carbonyl (C=O) groups excluding carboxylic acids is 1. The molecule has 2 aromatic rings. The summed E-state index contributed by atoms with van der Waals surface area (Å²) < 4.78 is 0. The minimum Gasteiger partial charge on any atom is -0.352 e. The van der Waals surface area contributed by atoms with E-state index in [-0.39, 0.29) is 5.91 Å². The number of nitrogens with one attached hydrogen (secondary N) is 1. The van der Waals surface area contributed by atoms with E-state index in [4.69, 9.17) is 0 Å². The van der Waals surface area contributed by atoms with E-state index in [0.29, 0.717) is 23.6 Å². The van der Waals surface area contributed by atoms with Gasteiger partial charge in [0.15, 0.2) is 0 Å². The van der Waals surface area contributed by atoms with Gasteiger partial charge in [-0.15, -0.1) is 0 Å². The summed E-state index contributed by atoms with van der Waals surface area (Å²) in [6, 6.07) is 8.27. The van der Waals surface area contributed by atoms with E-state index in [1.807, 2.05) is 31.2 Å². The van der Waals surface area contributed by atoms with Gasteiger partial charge < -0.3 is 5.32 Å². The van der Waals surface area contributed by atoms with E-state index >= 15 is 0 Å².